The summed E-state index contributed by atoms with van der Waals surface area (Å²) in [6.07, 6.45) is 1.76. The van der Waals surface area contributed by atoms with Gasteiger partial charge in [0.1, 0.15) is 0 Å². The van der Waals surface area contributed by atoms with Crippen LogP contribution in [0.2, 0.25) is 0 Å². The normalized spacial score (nSPS) is 15.0. The summed E-state index contributed by atoms with van der Waals surface area (Å²) in [4.78, 5) is 12.6. The van der Waals surface area contributed by atoms with Crippen molar-refractivity contribution < 1.29 is 4.92 Å². The molecule has 1 aliphatic heterocycles. The van der Waals surface area contributed by atoms with E-state index in [2.05, 4.69) is 41.2 Å². The van der Waals surface area contributed by atoms with Crippen LogP contribution in [0.5, 0.6) is 0 Å². The van der Waals surface area contributed by atoms with E-state index < -0.39 is 4.92 Å². The van der Waals surface area contributed by atoms with Gasteiger partial charge >= 0.3 is 0 Å². The van der Waals surface area contributed by atoms with Gasteiger partial charge in [0.15, 0.2) is 0 Å². The van der Waals surface area contributed by atoms with Crippen LogP contribution in [0.25, 0.3) is 0 Å². The second kappa shape index (κ2) is 7.12. The predicted octanol–water partition coefficient (Wildman–Crippen LogP) is 3.06. The Kier molecular flexibility index (Phi) is 4.74. The van der Waals surface area contributed by atoms with Crippen molar-refractivity contribution in [3.8, 4) is 0 Å². The molecule has 124 valence electrons. The highest BCUT2D eigenvalue weighted by Gasteiger charge is 2.15. The summed E-state index contributed by atoms with van der Waals surface area (Å²) in [6, 6.07) is 15.0. The van der Waals surface area contributed by atoms with Crippen LogP contribution in [0.15, 0.2) is 53.6 Å². The zero-order valence-corrected chi connectivity index (χ0v) is 13.6. The maximum atomic E-state index is 10.6. The molecule has 1 aliphatic rings. The lowest BCUT2D eigenvalue weighted by Gasteiger charge is -2.34. The van der Waals surface area contributed by atoms with Crippen molar-refractivity contribution in [3.05, 3.63) is 69.8 Å². The van der Waals surface area contributed by atoms with Gasteiger partial charge in [-0.15, -0.1) is 0 Å². The summed E-state index contributed by atoms with van der Waals surface area (Å²) in [5.41, 5.74) is 3.48. The Labute approximate surface area is 141 Å². The molecule has 0 bridgehead atoms. The molecular weight excluding hydrogens is 304 g/mol. The van der Waals surface area contributed by atoms with Gasteiger partial charge in [-0.25, -0.2) is 0 Å². The Morgan fingerprint density at radius 2 is 1.62 bits per heavy atom. The van der Waals surface area contributed by atoms with Crippen LogP contribution in [-0.4, -0.2) is 42.3 Å². The van der Waals surface area contributed by atoms with Gasteiger partial charge in [0.05, 0.1) is 24.2 Å². The Balaban J connectivity index is 1.55. The van der Waals surface area contributed by atoms with Crippen molar-refractivity contribution in [2.45, 2.75) is 6.92 Å². The average Bonchev–Trinajstić information content (AvgIpc) is 2.61. The Hall–Kier alpha value is -2.89. The van der Waals surface area contributed by atoms with Crippen LogP contribution in [0.1, 0.15) is 11.1 Å². The van der Waals surface area contributed by atoms with Crippen LogP contribution in [0, 0.1) is 17.0 Å². The first kappa shape index (κ1) is 16.0. The van der Waals surface area contributed by atoms with E-state index in [1.54, 1.807) is 18.3 Å². The van der Waals surface area contributed by atoms with E-state index in [4.69, 9.17) is 0 Å². The molecule has 0 atom stereocenters. The smallest absolute Gasteiger partial charge is 0.269 e. The fraction of sp³-hybridized carbons (Fsp3) is 0.278. The van der Waals surface area contributed by atoms with Gasteiger partial charge in [0, 0.05) is 30.9 Å². The van der Waals surface area contributed by atoms with E-state index in [9.17, 15) is 10.1 Å². The summed E-state index contributed by atoms with van der Waals surface area (Å²) in [5, 5.41) is 17.2. The number of rotatable bonds is 4. The number of nitro benzene ring substituents is 1. The molecule has 24 heavy (non-hydrogen) atoms. The molecule has 1 fully saturated rings. The minimum absolute atomic E-state index is 0.0962. The molecule has 0 N–H and O–H groups in total. The summed E-state index contributed by atoms with van der Waals surface area (Å²) < 4.78 is 0. The third-order valence-corrected chi connectivity index (χ3v) is 4.13. The van der Waals surface area contributed by atoms with Crippen molar-refractivity contribution in [2.24, 2.45) is 5.10 Å². The van der Waals surface area contributed by atoms with E-state index in [1.807, 2.05) is 5.01 Å². The maximum absolute atomic E-state index is 10.6. The molecule has 1 heterocycles. The highest BCUT2D eigenvalue weighted by Crippen LogP contribution is 2.17. The first-order valence-corrected chi connectivity index (χ1v) is 7.97. The molecule has 3 rings (SSSR count). The van der Waals surface area contributed by atoms with Crippen molar-refractivity contribution in [1.82, 2.24) is 5.01 Å². The van der Waals surface area contributed by atoms with E-state index in [-0.39, 0.29) is 5.69 Å². The Morgan fingerprint density at radius 3 is 2.21 bits per heavy atom. The molecule has 0 aromatic heterocycles. The molecule has 2 aromatic rings. The van der Waals surface area contributed by atoms with Crippen molar-refractivity contribution >= 4 is 17.6 Å². The summed E-state index contributed by atoms with van der Waals surface area (Å²) in [7, 11) is 0. The molecule has 0 saturated carbocycles. The largest absolute Gasteiger partial charge is 0.368 e. The summed E-state index contributed by atoms with van der Waals surface area (Å²) in [5.74, 6) is 0. The summed E-state index contributed by atoms with van der Waals surface area (Å²) in [6.45, 7) is 5.67. The van der Waals surface area contributed by atoms with E-state index >= 15 is 0 Å². The van der Waals surface area contributed by atoms with Crippen LogP contribution < -0.4 is 4.90 Å². The minimum Gasteiger partial charge on any atom is -0.368 e. The van der Waals surface area contributed by atoms with Crippen LogP contribution >= 0.6 is 0 Å². The molecule has 0 radical (unpaired) electrons. The SMILES string of the molecule is Cc1ccc(N2CCN(N=Cc3ccc([N+](=O)[O-])cc3)CC2)cc1. The molecule has 0 unspecified atom stereocenters. The lowest BCUT2D eigenvalue weighted by Crippen LogP contribution is -2.44. The van der Waals surface area contributed by atoms with Gasteiger partial charge in [0.2, 0.25) is 0 Å². The first-order valence-electron chi connectivity index (χ1n) is 7.97. The van der Waals surface area contributed by atoms with Crippen molar-refractivity contribution in [1.29, 1.82) is 0 Å². The molecule has 6 heteroatoms. The van der Waals surface area contributed by atoms with E-state index in [1.165, 1.54) is 23.4 Å². The predicted molar refractivity (Wildman–Crippen MR) is 95.7 cm³/mol. The summed E-state index contributed by atoms with van der Waals surface area (Å²) >= 11 is 0. The number of nitrogens with zero attached hydrogens (tertiary/aromatic N) is 4. The fourth-order valence-corrected chi connectivity index (χ4v) is 2.66. The third-order valence-electron chi connectivity index (χ3n) is 4.13. The number of hydrazone groups is 1. The number of benzene rings is 2. The van der Waals surface area contributed by atoms with E-state index in [0.717, 1.165) is 31.7 Å². The highest BCUT2D eigenvalue weighted by atomic mass is 16.6. The lowest BCUT2D eigenvalue weighted by atomic mass is 10.2. The molecule has 0 aliphatic carbocycles. The second-order valence-corrected chi connectivity index (χ2v) is 5.87. The lowest BCUT2D eigenvalue weighted by molar-refractivity contribution is -0.384. The molecule has 1 saturated heterocycles. The van der Waals surface area contributed by atoms with Crippen molar-refractivity contribution in [3.63, 3.8) is 0 Å². The minimum atomic E-state index is -0.398. The molecule has 0 amide bonds. The Morgan fingerprint density at radius 1 is 1.00 bits per heavy atom. The van der Waals surface area contributed by atoms with Gasteiger partial charge < -0.3 is 4.90 Å². The fourth-order valence-electron chi connectivity index (χ4n) is 2.66. The quantitative estimate of drug-likeness (QED) is 0.493. The number of anilines is 1. The molecule has 6 nitrogen and oxygen atoms in total. The van der Waals surface area contributed by atoms with Gasteiger partial charge in [-0.2, -0.15) is 5.10 Å². The number of piperazine rings is 1. The van der Waals surface area contributed by atoms with Crippen LogP contribution in [0.4, 0.5) is 11.4 Å². The number of nitro groups is 1. The number of hydrogen-bond donors (Lipinski definition) is 0. The average molecular weight is 324 g/mol. The monoisotopic (exact) mass is 324 g/mol. The van der Waals surface area contributed by atoms with Gasteiger partial charge in [-0.1, -0.05) is 17.7 Å². The number of non-ortho nitro benzene ring substituents is 1. The third kappa shape index (κ3) is 3.90. The van der Waals surface area contributed by atoms with Gasteiger partial charge in [0.25, 0.3) is 5.69 Å². The zero-order chi connectivity index (χ0) is 16.9. The van der Waals surface area contributed by atoms with Gasteiger partial charge in [-0.05, 0) is 36.8 Å². The van der Waals surface area contributed by atoms with Crippen LogP contribution in [0.3, 0.4) is 0 Å². The number of aryl methyl sites for hydroxylation is 1. The van der Waals surface area contributed by atoms with Crippen molar-refractivity contribution in [2.75, 3.05) is 31.1 Å². The Bertz CT molecular complexity index is 718. The number of hydrogen-bond acceptors (Lipinski definition) is 5. The topological polar surface area (TPSA) is 62.0 Å². The maximum Gasteiger partial charge on any atom is 0.269 e. The zero-order valence-electron chi connectivity index (χ0n) is 13.6. The first-order chi connectivity index (χ1) is 11.6. The highest BCUT2D eigenvalue weighted by molar-refractivity contribution is 5.79. The molecular formula is C18H20N4O2. The van der Waals surface area contributed by atoms with Crippen LogP contribution in [-0.2, 0) is 0 Å². The second-order valence-electron chi connectivity index (χ2n) is 5.87. The standard InChI is InChI=1S/C18H20N4O2/c1-15-2-6-17(7-3-15)20-10-12-21(13-11-20)19-14-16-4-8-18(9-5-16)22(23)24/h2-9,14H,10-13H2,1H3. The molecule has 2 aromatic carbocycles. The van der Waals surface area contributed by atoms with Gasteiger partial charge in [-0.3, -0.25) is 15.1 Å². The molecule has 0 spiro atoms. The van der Waals surface area contributed by atoms with E-state index in [0.29, 0.717) is 0 Å².